The molecule has 1 aliphatic rings. The lowest BCUT2D eigenvalue weighted by Gasteiger charge is -2.13. The van der Waals surface area contributed by atoms with Crippen LogP contribution in [0.4, 0.5) is 8.78 Å². The highest BCUT2D eigenvalue weighted by Crippen LogP contribution is 2.49. The number of halogens is 2. The Kier molecular flexibility index (Phi) is 2.45. The SMILES string of the molecule is CCc1cc(F)c(F)c(C2(C(=O)O)CC2)c1. The van der Waals surface area contributed by atoms with Crippen LogP contribution in [0.15, 0.2) is 12.1 Å². The molecule has 1 aromatic carbocycles. The lowest BCUT2D eigenvalue weighted by atomic mass is 9.93. The second-order valence-corrected chi connectivity index (χ2v) is 4.18. The number of benzene rings is 1. The van der Waals surface area contributed by atoms with Crippen LogP contribution in [0.25, 0.3) is 0 Å². The fraction of sp³-hybridized carbons (Fsp3) is 0.417. The smallest absolute Gasteiger partial charge is 0.314 e. The van der Waals surface area contributed by atoms with Gasteiger partial charge in [0.1, 0.15) is 0 Å². The van der Waals surface area contributed by atoms with Crippen LogP contribution in [0.3, 0.4) is 0 Å². The monoisotopic (exact) mass is 226 g/mol. The van der Waals surface area contributed by atoms with Gasteiger partial charge in [-0.15, -0.1) is 0 Å². The summed E-state index contributed by atoms with van der Waals surface area (Å²) in [4.78, 5) is 11.1. The highest BCUT2D eigenvalue weighted by molar-refractivity contribution is 5.85. The van der Waals surface area contributed by atoms with Crippen LogP contribution in [-0.4, -0.2) is 11.1 Å². The average Bonchev–Trinajstić information content (AvgIpc) is 3.02. The summed E-state index contributed by atoms with van der Waals surface area (Å²) in [7, 11) is 0. The van der Waals surface area contributed by atoms with Gasteiger partial charge in [-0.05, 0) is 30.9 Å². The molecule has 1 saturated carbocycles. The van der Waals surface area contributed by atoms with Crippen LogP contribution in [0.5, 0.6) is 0 Å². The Morgan fingerprint density at radius 2 is 2.06 bits per heavy atom. The number of carboxylic acid groups (broad SMARTS) is 1. The Bertz CT molecular complexity index is 451. The van der Waals surface area contributed by atoms with E-state index >= 15 is 0 Å². The van der Waals surface area contributed by atoms with Gasteiger partial charge in [0.2, 0.25) is 0 Å². The molecule has 2 rings (SSSR count). The predicted octanol–water partition coefficient (Wildman–Crippen LogP) is 2.64. The molecule has 1 aliphatic carbocycles. The Hall–Kier alpha value is -1.45. The van der Waals surface area contributed by atoms with Crippen molar-refractivity contribution in [3.05, 3.63) is 34.9 Å². The maximum Gasteiger partial charge on any atom is 0.314 e. The molecular formula is C12H12F2O2. The summed E-state index contributed by atoms with van der Waals surface area (Å²) in [5.41, 5.74) is -0.561. The van der Waals surface area contributed by atoms with E-state index in [1.54, 1.807) is 0 Å². The van der Waals surface area contributed by atoms with Gasteiger partial charge in [-0.25, -0.2) is 8.78 Å². The Balaban J connectivity index is 2.56. The maximum atomic E-state index is 13.6. The van der Waals surface area contributed by atoms with E-state index in [0.717, 1.165) is 6.07 Å². The van der Waals surface area contributed by atoms with Gasteiger partial charge < -0.3 is 5.11 Å². The number of carboxylic acids is 1. The zero-order valence-corrected chi connectivity index (χ0v) is 8.89. The Morgan fingerprint density at radius 1 is 1.44 bits per heavy atom. The molecule has 0 unspecified atom stereocenters. The molecule has 0 bridgehead atoms. The minimum atomic E-state index is -1.18. The second-order valence-electron chi connectivity index (χ2n) is 4.18. The average molecular weight is 226 g/mol. The summed E-state index contributed by atoms with van der Waals surface area (Å²) < 4.78 is 26.9. The summed E-state index contributed by atoms with van der Waals surface area (Å²) in [5, 5.41) is 9.05. The summed E-state index contributed by atoms with van der Waals surface area (Å²) in [6.07, 6.45) is 1.32. The van der Waals surface area contributed by atoms with Crippen LogP contribution in [0, 0.1) is 11.6 Å². The van der Waals surface area contributed by atoms with Crippen LogP contribution in [-0.2, 0) is 16.6 Å². The first-order valence-electron chi connectivity index (χ1n) is 5.23. The van der Waals surface area contributed by atoms with E-state index in [1.165, 1.54) is 6.07 Å². The van der Waals surface area contributed by atoms with E-state index in [9.17, 15) is 13.6 Å². The number of aryl methyl sites for hydroxylation is 1. The fourth-order valence-electron chi connectivity index (χ4n) is 1.92. The largest absolute Gasteiger partial charge is 0.481 e. The van der Waals surface area contributed by atoms with E-state index < -0.39 is 23.0 Å². The standard InChI is InChI=1S/C12H12F2O2/c1-2-7-5-8(10(14)9(13)6-7)12(3-4-12)11(15)16/h5-6H,2-4H2,1H3,(H,15,16). The lowest BCUT2D eigenvalue weighted by Crippen LogP contribution is -2.22. The quantitative estimate of drug-likeness (QED) is 0.860. The summed E-state index contributed by atoms with van der Waals surface area (Å²) in [6, 6.07) is 2.59. The number of hydrogen-bond acceptors (Lipinski definition) is 1. The van der Waals surface area contributed by atoms with Crippen molar-refractivity contribution in [1.82, 2.24) is 0 Å². The number of rotatable bonds is 3. The molecule has 0 radical (unpaired) electrons. The van der Waals surface area contributed by atoms with Crippen molar-refractivity contribution in [3.8, 4) is 0 Å². The highest BCUT2D eigenvalue weighted by Gasteiger charge is 2.53. The molecule has 86 valence electrons. The Morgan fingerprint density at radius 3 is 2.50 bits per heavy atom. The predicted molar refractivity (Wildman–Crippen MR) is 54.3 cm³/mol. The molecule has 0 aromatic heterocycles. The first kappa shape index (κ1) is 11.0. The van der Waals surface area contributed by atoms with Gasteiger partial charge in [-0.2, -0.15) is 0 Å². The molecule has 4 heteroatoms. The normalized spacial score (nSPS) is 17.2. The number of hydrogen-bond donors (Lipinski definition) is 1. The minimum Gasteiger partial charge on any atom is -0.481 e. The third-order valence-corrected chi connectivity index (χ3v) is 3.17. The van der Waals surface area contributed by atoms with Crippen molar-refractivity contribution in [2.45, 2.75) is 31.6 Å². The molecular weight excluding hydrogens is 214 g/mol. The van der Waals surface area contributed by atoms with E-state index in [0.29, 0.717) is 24.8 Å². The van der Waals surface area contributed by atoms with Crippen molar-refractivity contribution in [3.63, 3.8) is 0 Å². The zero-order valence-electron chi connectivity index (χ0n) is 8.89. The molecule has 0 aliphatic heterocycles. The van der Waals surface area contributed by atoms with Crippen molar-refractivity contribution < 1.29 is 18.7 Å². The van der Waals surface area contributed by atoms with Gasteiger partial charge in [-0.1, -0.05) is 13.0 Å². The highest BCUT2D eigenvalue weighted by atomic mass is 19.2. The lowest BCUT2D eigenvalue weighted by molar-refractivity contribution is -0.140. The molecule has 0 heterocycles. The van der Waals surface area contributed by atoms with Gasteiger partial charge in [0.05, 0.1) is 5.41 Å². The molecule has 0 amide bonds. The van der Waals surface area contributed by atoms with Crippen molar-refractivity contribution >= 4 is 5.97 Å². The Labute approximate surface area is 91.9 Å². The topological polar surface area (TPSA) is 37.3 Å². The van der Waals surface area contributed by atoms with E-state index in [-0.39, 0.29) is 5.56 Å². The summed E-state index contributed by atoms with van der Waals surface area (Å²) in [6.45, 7) is 1.82. The van der Waals surface area contributed by atoms with Crippen molar-refractivity contribution in [2.75, 3.05) is 0 Å². The molecule has 1 fully saturated rings. The minimum absolute atomic E-state index is 0.00292. The molecule has 16 heavy (non-hydrogen) atoms. The summed E-state index contributed by atoms with van der Waals surface area (Å²) >= 11 is 0. The molecule has 0 saturated heterocycles. The van der Waals surface area contributed by atoms with Gasteiger partial charge >= 0.3 is 5.97 Å². The van der Waals surface area contributed by atoms with Gasteiger partial charge in [0.25, 0.3) is 0 Å². The van der Waals surface area contributed by atoms with Crippen molar-refractivity contribution in [2.24, 2.45) is 0 Å². The molecule has 1 aromatic rings. The first-order valence-corrected chi connectivity index (χ1v) is 5.23. The van der Waals surface area contributed by atoms with E-state index in [2.05, 4.69) is 0 Å². The fourth-order valence-corrected chi connectivity index (χ4v) is 1.92. The van der Waals surface area contributed by atoms with Gasteiger partial charge in [0.15, 0.2) is 11.6 Å². The molecule has 1 N–H and O–H groups in total. The van der Waals surface area contributed by atoms with E-state index in [1.807, 2.05) is 6.92 Å². The van der Waals surface area contributed by atoms with Crippen LogP contribution < -0.4 is 0 Å². The molecule has 0 spiro atoms. The zero-order chi connectivity index (χ0) is 11.9. The summed E-state index contributed by atoms with van der Waals surface area (Å²) in [5.74, 6) is -3.04. The second kappa shape index (κ2) is 3.54. The first-order chi connectivity index (χ1) is 7.51. The van der Waals surface area contributed by atoms with E-state index in [4.69, 9.17) is 5.11 Å². The van der Waals surface area contributed by atoms with Gasteiger partial charge in [-0.3, -0.25) is 4.79 Å². The number of aliphatic carboxylic acids is 1. The van der Waals surface area contributed by atoms with Crippen LogP contribution in [0.1, 0.15) is 30.9 Å². The number of carbonyl (C=O) groups is 1. The maximum absolute atomic E-state index is 13.6. The van der Waals surface area contributed by atoms with Crippen LogP contribution in [0.2, 0.25) is 0 Å². The third-order valence-electron chi connectivity index (χ3n) is 3.17. The van der Waals surface area contributed by atoms with Gasteiger partial charge in [0, 0.05) is 5.56 Å². The van der Waals surface area contributed by atoms with Crippen LogP contribution >= 0.6 is 0 Å². The molecule has 0 atom stereocenters. The van der Waals surface area contributed by atoms with Crippen molar-refractivity contribution in [1.29, 1.82) is 0 Å². The molecule has 2 nitrogen and oxygen atoms in total. The third kappa shape index (κ3) is 1.49.